The van der Waals surface area contributed by atoms with E-state index in [9.17, 15) is 4.79 Å². The summed E-state index contributed by atoms with van der Waals surface area (Å²) in [5.74, 6) is 0. The third-order valence-corrected chi connectivity index (χ3v) is 3.84. The van der Waals surface area contributed by atoms with Crippen LogP contribution >= 0.6 is 11.6 Å². The number of nitrogens with one attached hydrogen (secondary N) is 2. The van der Waals surface area contributed by atoms with Crippen molar-refractivity contribution in [1.29, 1.82) is 0 Å². The van der Waals surface area contributed by atoms with Crippen LogP contribution in [0.15, 0.2) is 24.3 Å². The molecule has 1 fully saturated rings. The van der Waals surface area contributed by atoms with E-state index in [1.807, 2.05) is 12.1 Å². The van der Waals surface area contributed by atoms with Gasteiger partial charge in [0.15, 0.2) is 0 Å². The Balaban J connectivity index is 1.61. The largest absolute Gasteiger partial charge is 0.338 e. The first kappa shape index (κ1) is 15.1. The van der Waals surface area contributed by atoms with Gasteiger partial charge in [-0.2, -0.15) is 0 Å². The van der Waals surface area contributed by atoms with Crippen LogP contribution < -0.4 is 10.6 Å². The lowest BCUT2D eigenvalue weighted by Gasteiger charge is -2.26. The van der Waals surface area contributed by atoms with Gasteiger partial charge in [0.1, 0.15) is 0 Å². The number of urea groups is 1. The minimum Gasteiger partial charge on any atom is -0.338 e. The van der Waals surface area contributed by atoms with E-state index in [-0.39, 0.29) is 6.03 Å². The molecular weight excluding hydrogens is 274 g/mol. The van der Waals surface area contributed by atoms with Crippen molar-refractivity contribution in [3.63, 3.8) is 0 Å². The number of benzene rings is 1. The first-order chi connectivity index (χ1) is 9.75. The molecule has 1 saturated heterocycles. The van der Waals surface area contributed by atoms with Crippen molar-refractivity contribution in [1.82, 2.24) is 10.2 Å². The smallest absolute Gasteiger partial charge is 0.319 e. The first-order valence-electron chi connectivity index (χ1n) is 7.27. The molecule has 1 aliphatic rings. The van der Waals surface area contributed by atoms with Crippen LogP contribution in [0.4, 0.5) is 10.5 Å². The molecule has 1 aliphatic heterocycles. The molecule has 0 saturated carbocycles. The van der Waals surface area contributed by atoms with Crippen molar-refractivity contribution in [2.75, 3.05) is 31.5 Å². The highest BCUT2D eigenvalue weighted by atomic mass is 35.5. The number of piperidine rings is 1. The van der Waals surface area contributed by atoms with E-state index in [2.05, 4.69) is 15.5 Å². The lowest BCUT2D eigenvalue weighted by molar-refractivity contribution is 0.224. The number of halogens is 1. The van der Waals surface area contributed by atoms with E-state index >= 15 is 0 Å². The van der Waals surface area contributed by atoms with Gasteiger partial charge in [-0.25, -0.2) is 4.79 Å². The van der Waals surface area contributed by atoms with E-state index in [4.69, 9.17) is 11.6 Å². The van der Waals surface area contributed by atoms with Gasteiger partial charge in [0.05, 0.1) is 10.7 Å². The highest BCUT2D eigenvalue weighted by Gasteiger charge is 2.09. The Bertz CT molecular complexity index is 433. The predicted octanol–water partition coefficient (Wildman–Crippen LogP) is 3.34. The lowest BCUT2D eigenvalue weighted by Crippen LogP contribution is -2.34. The maximum Gasteiger partial charge on any atom is 0.319 e. The second-order valence-electron chi connectivity index (χ2n) is 5.12. The van der Waals surface area contributed by atoms with Gasteiger partial charge >= 0.3 is 6.03 Å². The fraction of sp³-hybridized carbons (Fsp3) is 0.533. The third-order valence-electron chi connectivity index (χ3n) is 3.51. The van der Waals surface area contributed by atoms with Crippen molar-refractivity contribution in [2.45, 2.75) is 25.7 Å². The SMILES string of the molecule is O=C(NCCCN1CCCCC1)Nc1ccccc1Cl. The van der Waals surface area contributed by atoms with E-state index in [1.165, 1.54) is 32.4 Å². The molecule has 2 N–H and O–H groups in total. The summed E-state index contributed by atoms with van der Waals surface area (Å²) in [4.78, 5) is 14.2. The van der Waals surface area contributed by atoms with Crippen LogP contribution in [0.25, 0.3) is 0 Å². The first-order valence-corrected chi connectivity index (χ1v) is 7.65. The van der Waals surface area contributed by atoms with E-state index in [0.717, 1.165) is 13.0 Å². The summed E-state index contributed by atoms with van der Waals surface area (Å²) in [6, 6.07) is 7.03. The molecule has 110 valence electrons. The van der Waals surface area contributed by atoms with Crippen LogP contribution in [0.1, 0.15) is 25.7 Å². The average molecular weight is 296 g/mol. The maximum atomic E-state index is 11.7. The van der Waals surface area contributed by atoms with E-state index in [0.29, 0.717) is 17.3 Å². The number of amides is 2. The monoisotopic (exact) mass is 295 g/mol. The number of para-hydroxylation sites is 1. The molecule has 0 atom stereocenters. The normalized spacial score (nSPS) is 15.8. The van der Waals surface area contributed by atoms with Gasteiger partial charge in [-0.15, -0.1) is 0 Å². The summed E-state index contributed by atoms with van der Waals surface area (Å²) < 4.78 is 0. The Morgan fingerprint density at radius 1 is 1.20 bits per heavy atom. The molecule has 1 aromatic carbocycles. The zero-order valence-corrected chi connectivity index (χ0v) is 12.5. The zero-order valence-electron chi connectivity index (χ0n) is 11.7. The Hall–Kier alpha value is -1.26. The lowest BCUT2D eigenvalue weighted by atomic mass is 10.1. The fourth-order valence-electron chi connectivity index (χ4n) is 2.42. The Morgan fingerprint density at radius 2 is 1.95 bits per heavy atom. The van der Waals surface area contributed by atoms with Gasteiger partial charge in [-0.05, 0) is 51.0 Å². The minimum atomic E-state index is -0.197. The van der Waals surface area contributed by atoms with Crippen LogP contribution in [0, 0.1) is 0 Å². The van der Waals surface area contributed by atoms with Crippen LogP contribution in [-0.4, -0.2) is 37.1 Å². The molecule has 4 nitrogen and oxygen atoms in total. The molecule has 2 amide bonds. The molecule has 0 aliphatic carbocycles. The highest BCUT2D eigenvalue weighted by molar-refractivity contribution is 6.33. The number of nitrogens with zero attached hydrogens (tertiary/aromatic N) is 1. The number of hydrogen-bond acceptors (Lipinski definition) is 2. The van der Waals surface area contributed by atoms with Crippen LogP contribution in [-0.2, 0) is 0 Å². The molecule has 0 radical (unpaired) electrons. The molecular formula is C15H22ClN3O. The Labute approximate surface area is 125 Å². The van der Waals surface area contributed by atoms with Gasteiger partial charge in [-0.1, -0.05) is 30.2 Å². The summed E-state index contributed by atoms with van der Waals surface area (Å²) in [5.41, 5.74) is 0.641. The maximum absolute atomic E-state index is 11.7. The molecule has 0 bridgehead atoms. The van der Waals surface area contributed by atoms with E-state index < -0.39 is 0 Å². The second-order valence-corrected chi connectivity index (χ2v) is 5.52. The molecule has 20 heavy (non-hydrogen) atoms. The number of rotatable bonds is 5. The van der Waals surface area contributed by atoms with Gasteiger partial charge in [0.2, 0.25) is 0 Å². The van der Waals surface area contributed by atoms with Crippen LogP contribution in [0.2, 0.25) is 5.02 Å². The van der Waals surface area contributed by atoms with Crippen molar-refractivity contribution in [3.05, 3.63) is 29.3 Å². The van der Waals surface area contributed by atoms with Crippen molar-refractivity contribution >= 4 is 23.3 Å². The van der Waals surface area contributed by atoms with Crippen LogP contribution in [0.5, 0.6) is 0 Å². The van der Waals surface area contributed by atoms with Crippen molar-refractivity contribution < 1.29 is 4.79 Å². The molecule has 5 heteroatoms. The van der Waals surface area contributed by atoms with Gasteiger partial charge < -0.3 is 15.5 Å². The number of anilines is 1. The highest BCUT2D eigenvalue weighted by Crippen LogP contribution is 2.19. The standard InChI is InChI=1S/C15H22ClN3O/c16-13-7-2-3-8-14(13)18-15(20)17-9-6-12-19-10-4-1-5-11-19/h2-3,7-8H,1,4-6,9-12H2,(H2,17,18,20). The third kappa shape index (κ3) is 5.02. The molecule has 2 rings (SSSR count). The number of carbonyl (C=O) groups is 1. The molecule has 1 heterocycles. The number of carbonyl (C=O) groups excluding carboxylic acids is 1. The summed E-state index contributed by atoms with van der Waals surface area (Å²) in [7, 11) is 0. The Kier molecular flexibility index (Phi) is 6.15. The molecule has 0 spiro atoms. The van der Waals surface area contributed by atoms with Crippen molar-refractivity contribution in [2.24, 2.45) is 0 Å². The van der Waals surface area contributed by atoms with E-state index in [1.54, 1.807) is 12.1 Å². The second kappa shape index (κ2) is 8.12. The number of likely N-dealkylation sites (tertiary alicyclic amines) is 1. The minimum absolute atomic E-state index is 0.197. The summed E-state index contributed by atoms with van der Waals surface area (Å²) in [5, 5.41) is 6.17. The molecule has 1 aromatic rings. The van der Waals surface area contributed by atoms with Crippen LogP contribution in [0.3, 0.4) is 0 Å². The summed E-state index contributed by atoms with van der Waals surface area (Å²) in [6.07, 6.45) is 4.95. The Morgan fingerprint density at radius 3 is 2.70 bits per heavy atom. The average Bonchev–Trinajstić information content (AvgIpc) is 2.47. The summed E-state index contributed by atoms with van der Waals surface area (Å²) >= 11 is 5.98. The van der Waals surface area contributed by atoms with Gasteiger partial charge in [-0.3, -0.25) is 0 Å². The van der Waals surface area contributed by atoms with Gasteiger partial charge in [0.25, 0.3) is 0 Å². The number of hydrogen-bond donors (Lipinski definition) is 2. The fourth-order valence-corrected chi connectivity index (χ4v) is 2.60. The quantitative estimate of drug-likeness (QED) is 0.818. The van der Waals surface area contributed by atoms with Crippen molar-refractivity contribution in [3.8, 4) is 0 Å². The van der Waals surface area contributed by atoms with Gasteiger partial charge in [0, 0.05) is 6.54 Å². The predicted molar refractivity (Wildman–Crippen MR) is 83.4 cm³/mol. The topological polar surface area (TPSA) is 44.4 Å². The molecule has 0 aromatic heterocycles. The molecule has 0 unspecified atom stereocenters. The summed E-state index contributed by atoms with van der Waals surface area (Å²) in [6.45, 7) is 4.15. The zero-order chi connectivity index (χ0) is 14.2.